The monoisotopic (exact) mass is 1420 g/mol. The van der Waals surface area contributed by atoms with Crippen LogP contribution in [0.5, 0.6) is 5.75 Å². The summed E-state index contributed by atoms with van der Waals surface area (Å²) in [5, 5.41) is 93.7. The fourth-order valence-corrected chi connectivity index (χ4v) is 33.4. The van der Waals surface area contributed by atoms with Gasteiger partial charge in [0.2, 0.25) is 0 Å². The van der Waals surface area contributed by atoms with Crippen molar-refractivity contribution in [3.8, 4) is 5.75 Å². The van der Waals surface area contributed by atoms with Crippen LogP contribution in [0.25, 0.3) is 181 Å². The van der Waals surface area contributed by atoms with Gasteiger partial charge in [-0.25, -0.2) is 14.4 Å². The zero-order valence-electron chi connectivity index (χ0n) is 57.6. The minimum atomic E-state index is -1.18. The first-order valence-electron chi connectivity index (χ1n) is 39.8. The summed E-state index contributed by atoms with van der Waals surface area (Å²) < 4.78 is 33.8. The fourth-order valence-electron chi connectivity index (χ4n) is 33.4. The largest absolute Gasteiger partial charge is 0.511 e. The van der Waals surface area contributed by atoms with Gasteiger partial charge in [0.1, 0.15) is 40.7 Å². The lowest BCUT2D eigenvalue weighted by Crippen LogP contribution is -2.59. The highest BCUT2D eigenvalue weighted by atomic mass is 16.6. The molecule has 3 fully saturated rings. The van der Waals surface area contributed by atoms with Crippen LogP contribution in [-0.4, -0.2) is 66.9 Å². The van der Waals surface area contributed by atoms with E-state index in [0.717, 1.165) is 164 Å². The minimum absolute atomic E-state index is 0.0773. The van der Waals surface area contributed by atoms with E-state index in [1.54, 1.807) is 6.07 Å². The van der Waals surface area contributed by atoms with E-state index in [0.29, 0.717) is 47.8 Å². The van der Waals surface area contributed by atoms with Gasteiger partial charge < -0.3 is 44.5 Å². The summed E-state index contributed by atoms with van der Waals surface area (Å²) in [6.07, 6.45) is 10.5. The van der Waals surface area contributed by atoms with E-state index in [1.165, 1.54) is 142 Å². The molecule has 0 saturated carbocycles. The summed E-state index contributed by atoms with van der Waals surface area (Å²) in [4.78, 5) is 43.9. The van der Waals surface area contributed by atoms with Crippen molar-refractivity contribution in [1.82, 2.24) is 0 Å². The maximum absolute atomic E-state index is 14.9. The van der Waals surface area contributed by atoms with Crippen LogP contribution in [0, 0.1) is 11.8 Å². The lowest BCUT2D eigenvalue weighted by atomic mass is 9.41. The van der Waals surface area contributed by atoms with Crippen molar-refractivity contribution in [3.63, 3.8) is 0 Å². The van der Waals surface area contributed by atoms with Gasteiger partial charge in [0.05, 0.1) is 22.6 Å². The Morgan fingerprint density at radius 1 is 0.486 bits per heavy atom. The molecule has 15 aromatic rings. The Bertz CT molecular complexity index is 9310. The summed E-state index contributed by atoms with van der Waals surface area (Å²) in [7, 11) is 0. The standard InChI is InChI=1S/C99H38O12/c1-95-19-24-15-33-38(100)16-23-14-37(94(106)107)46-29-9-7-26-25-4-2-3-20-12-35-50-56(40(20)25)61-47(26)48(29)68-72-57(46)41(23)49(33)67-42(24)79-81(95)70-55-39(109-95)18-31-28(92(102)103)8-10-30-45(31)59(55)63-62-53(30)90-91(108-90)54-34-17-32(93(104)105)27-6-5-21-11-22-13-36(89(35)101)51-58-44(22)82-43(21)52(27)80(34)96-85(69(54)62)74-64(63)66(70)76-78-77(74)86(97(82,96)110-96)73(58)75-65(60(50)51)71(61)84(68)98(87(75)78)99(111-98,83(67)72)88(76)79/h2-6,8,10,13-19,21,35,55,59,87-88,90-91,100-101H,7,9,11-12H2,1H3,(H,102,103)(H,104,105)(H,106,107). The van der Waals surface area contributed by atoms with Gasteiger partial charge in [-0.15, -0.1) is 0 Å². The molecule has 13 unspecified atom stereocenters. The van der Waals surface area contributed by atoms with Crippen LogP contribution in [0.2, 0.25) is 0 Å². The Balaban J connectivity index is 0.897. The highest BCUT2D eigenvalue weighted by Crippen LogP contribution is 2.91. The fraction of sp³-hybridized carbons (Fsp3) is 0.182. The second-order valence-corrected chi connectivity index (χ2v) is 37.8. The first kappa shape index (κ1) is 50.3. The minimum Gasteiger partial charge on any atom is -0.511 e. The molecule has 12 nitrogen and oxygen atoms in total. The summed E-state index contributed by atoms with van der Waals surface area (Å²) in [5.41, 5.74) is 28.5. The van der Waals surface area contributed by atoms with E-state index in [4.69, 9.17) is 14.2 Å². The maximum Gasteiger partial charge on any atom is 0.336 e. The molecule has 0 radical (unpaired) electrons. The first-order chi connectivity index (χ1) is 54.3. The number of aliphatic hydroxyl groups is 1. The zero-order valence-corrected chi connectivity index (χ0v) is 57.6. The highest BCUT2D eigenvalue weighted by molar-refractivity contribution is 6.50. The molecule has 0 bridgehead atoms. The SMILES string of the molecule is CC12C=c3cc4c(O)cc5cc(C(=O)O)c6c7c8c9c%10c%11c%12c%13c%14c%15c%16c(cc%17c%15c%12c%12c%15c%18c(cccc%18c(c8c%15%11)CC7)CC%12C=%17O)CC7C=Cc8c(C(=O)O)cc%11c%12c8C7=C%16C78OC%127c7c%12c%15c%16c%17c%18c%19c(c(c7%17)C=%148)C%13C%107OC78c7c(c3=C(C1=C%18C1C(=Cc3c(C(=O)O)ccc(c3C%161)C=%15C1OC1C=%12%11)O2)C%198)c4c5c6c79. The molecular weight excluding hydrogens is 1380 g/mol. The zero-order chi connectivity index (χ0) is 70.4. The third-order valence-electron chi connectivity index (χ3n) is 35.3. The predicted molar refractivity (Wildman–Crippen MR) is 411 cm³/mol. The van der Waals surface area contributed by atoms with Gasteiger partial charge in [-0.2, -0.15) is 0 Å². The molecule has 4 aliphatic heterocycles. The quantitative estimate of drug-likeness (QED) is 0.0638. The number of hydrogen-bond acceptors (Lipinski definition) is 9. The number of hydrogen-bond donors (Lipinski definition) is 5. The van der Waals surface area contributed by atoms with Crippen LogP contribution in [0.4, 0.5) is 0 Å². The molecule has 0 amide bonds. The smallest absolute Gasteiger partial charge is 0.336 e. The van der Waals surface area contributed by atoms with Crippen molar-refractivity contribution in [2.24, 2.45) is 11.8 Å². The van der Waals surface area contributed by atoms with E-state index in [1.807, 2.05) is 18.2 Å². The number of carbonyl (C=O) groups is 3. The molecule has 3 saturated heterocycles. The molecule has 13 atom stereocenters. The molecule has 15 aromatic carbocycles. The molecule has 20 aliphatic carbocycles. The number of benzene rings is 15. The van der Waals surface area contributed by atoms with Crippen LogP contribution in [-0.2, 0) is 61.4 Å². The Hall–Kier alpha value is -12.5. The van der Waals surface area contributed by atoms with E-state index >= 15 is 0 Å². The summed E-state index contributed by atoms with van der Waals surface area (Å²) in [5.74, 6) is -4.17. The summed E-state index contributed by atoms with van der Waals surface area (Å²) >= 11 is 0. The Morgan fingerprint density at radius 2 is 1.28 bits per heavy atom. The molecule has 12 heteroatoms. The summed E-state index contributed by atoms with van der Waals surface area (Å²) in [6.45, 7) is 2.25. The van der Waals surface area contributed by atoms with Crippen molar-refractivity contribution in [2.75, 3.05) is 0 Å². The van der Waals surface area contributed by atoms with Crippen molar-refractivity contribution in [2.45, 2.75) is 96.5 Å². The van der Waals surface area contributed by atoms with Crippen molar-refractivity contribution in [1.29, 1.82) is 0 Å². The van der Waals surface area contributed by atoms with Crippen molar-refractivity contribution in [3.05, 3.63) is 248 Å². The number of ether oxygens (including phenoxy) is 4. The molecule has 39 rings (SSSR count). The van der Waals surface area contributed by atoms with Crippen LogP contribution in [0.15, 0.2) is 78.1 Å². The van der Waals surface area contributed by atoms with E-state index < -0.39 is 87.7 Å². The number of aromatic hydroxyl groups is 1. The topological polar surface area (TPSA) is 199 Å². The number of phenols is 1. The lowest BCUT2D eigenvalue weighted by molar-refractivity contribution is 0.0684. The Labute approximate surface area is 617 Å². The van der Waals surface area contributed by atoms with Crippen LogP contribution < -0.4 is 31.3 Å². The second kappa shape index (κ2) is 13.0. The number of allylic oxidation sites excluding steroid dienone is 3. The van der Waals surface area contributed by atoms with E-state index in [2.05, 4.69) is 67.6 Å². The molecule has 4 spiro atoms. The average molecular weight is 1420 g/mol. The maximum atomic E-state index is 14.9. The number of aromatic carboxylic acids is 3. The van der Waals surface area contributed by atoms with Gasteiger partial charge in [0.25, 0.3) is 0 Å². The van der Waals surface area contributed by atoms with Gasteiger partial charge in [0, 0.05) is 95.3 Å². The predicted octanol–water partition coefficient (Wildman–Crippen LogP) is 12.6. The van der Waals surface area contributed by atoms with E-state index in [-0.39, 0.29) is 28.4 Å². The number of fused-ring (bicyclic) bond motifs is 7. The second-order valence-electron chi connectivity index (χ2n) is 37.8. The average Bonchev–Trinajstić information content (AvgIpc) is 1.41. The number of aryl methyl sites for hydroxylation is 2. The Morgan fingerprint density at radius 3 is 2.16 bits per heavy atom. The van der Waals surface area contributed by atoms with Crippen LogP contribution in [0.3, 0.4) is 0 Å². The van der Waals surface area contributed by atoms with E-state index in [9.17, 15) is 44.7 Å². The van der Waals surface area contributed by atoms with Gasteiger partial charge in [0.15, 0.2) is 16.8 Å². The molecule has 111 heavy (non-hydrogen) atoms. The number of carboxylic acid groups (broad SMARTS) is 3. The van der Waals surface area contributed by atoms with Gasteiger partial charge >= 0.3 is 17.9 Å². The van der Waals surface area contributed by atoms with Gasteiger partial charge in [-0.3, -0.25) is 0 Å². The third-order valence-corrected chi connectivity index (χ3v) is 35.3. The van der Waals surface area contributed by atoms with Crippen molar-refractivity contribution >= 4 is 199 Å². The normalized spacial score (nSPS) is 32.0. The molecule has 5 N–H and O–H groups in total. The molecular formula is C99H38O12. The third kappa shape index (κ3) is 3.67. The number of phenolic OH excluding ortho intramolecular Hbond substituents is 1. The summed E-state index contributed by atoms with van der Waals surface area (Å²) in [6, 6.07) is 21.1. The number of epoxide rings is 3. The lowest BCUT2D eigenvalue weighted by Gasteiger charge is -2.60. The number of rotatable bonds is 3. The number of aliphatic hydroxyl groups excluding tert-OH is 1. The van der Waals surface area contributed by atoms with Crippen LogP contribution in [0.1, 0.15) is 184 Å². The van der Waals surface area contributed by atoms with Crippen molar-refractivity contribution < 1.29 is 58.9 Å². The molecule has 506 valence electrons. The molecule has 24 aliphatic rings. The first-order valence-corrected chi connectivity index (χ1v) is 39.8. The van der Waals surface area contributed by atoms with Crippen LogP contribution >= 0.6 is 0 Å². The Kier molecular flexibility index (Phi) is 5.89. The molecule has 4 heterocycles. The van der Waals surface area contributed by atoms with Gasteiger partial charge in [-0.05, 0) is 332 Å². The highest BCUT2D eigenvalue weighted by Gasteiger charge is 2.90. The van der Waals surface area contributed by atoms with Gasteiger partial charge in [-0.1, -0.05) is 36.4 Å². The molecule has 0 aromatic heterocycles. The number of carboxylic acids is 3.